The molecule has 4 nitrogen and oxygen atoms in total. The van der Waals surface area contributed by atoms with Crippen molar-refractivity contribution in [2.45, 2.75) is 12.3 Å². The number of anilines is 1. The number of nitrogens with two attached hydrogens (primary N) is 1. The lowest BCUT2D eigenvalue weighted by Crippen LogP contribution is -1.98. The van der Waals surface area contributed by atoms with Crippen molar-refractivity contribution in [1.29, 1.82) is 0 Å². The topological polar surface area (TPSA) is 56.2 Å². The van der Waals surface area contributed by atoms with Gasteiger partial charge in [0.2, 0.25) is 0 Å². The normalized spacial score (nSPS) is 21.2. The molecule has 0 radical (unpaired) electrons. The zero-order chi connectivity index (χ0) is 10.3. The van der Waals surface area contributed by atoms with Crippen LogP contribution in [0.4, 0.5) is 5.69 Å². The number of hydrogen-bond acceptors (Lipinski definition) is 4. The van der Waals surface area contributed by atoms with Crippen molar-refractivity contribution in [3.63, 3.8) is 0 Å². The molecule has 0 spiro atoms. The van der Waals surface area contributed by atoms with Crippen LogP contribution in [0, 0.1) is 0 Å². The summed E-state index contributed by atoms with van der Waals surface area (Å²) in [5, 5.41) is 4.29. The van der Waals surface area contributed by atoms with Crippen LogP contribution in [0.15, 0.2) is 18.6 Å². The summed E-state index contributed by atoms with van der Waals surface area (Å²) < 4.78 is 1.77. The molecule has 0 aliphatic carbocycles. The maximum atomic E-state index is 5.66. The van der Waals surface area contributed by atoms with Crippen LogP contribution < -0.4 is 5.73 Å². The second-order valence-electron chi connectivity index (χ2n) is 3.82. The van der Waals surface area contributed by atoms with E-state index in [4.69, 9.17) is 5.73 Å². The van der Waals surface area contributed by atoms with Gasteiger partial charge in [-0.25, -0.2) is 9.50 Å². The molecule has 1 aliphatic rings. The van der Waals surface area contributed by atoms with Crippen molar-refractivity contribution in [2.24, 2.45) is 0 Å². The summed E-state index contributed by atoms with van der Waals surface area (Å²) in [5.41, 5.74) is 8.53. The quantitative estimate of drug-likeness (QED) is 0.792. The van der Waals surface area contributed by atoms with Crippen molar-refractivity contribution in [2.75, 3.05) is 17.2 Å². The summed E-state index contributed by atoms with van der Waals surface area (Å²) in [7, 11) is 0. The van der Waals surface area contributed by atoms with E-state index < -0.39 is 0 Å². The van der Waals surface area contributed by atoms with Crippen LogP contribution >= 0.6 is 11.8 Å². The van der Waals surface area contributed by atoms with Crippen molar-refractivity contribution in [3.8, 4) is 0 Å². The van der Waals surface area contributed by atoms with E-state index in [1.165, 1.54) is 23.5 Å². The van der Waals surface area contributed by atoms with Crippen LogP contribution in [0.2, 0.25) is 0 Å². The molecule has 0 bridgehead atoms. The SMILES string of the molecule is Nc1cnc2c(C3CCSC3)cnn2c1. The zero-order valence-electron chi connectivity index (χ0n) is 8.26. The van der Waals surface area contributed by atoms with Crippen LogP contribution in [-0.4, -0.2) is 26.1 Å². The molecule has 1 fully saturated rings. The van der Waals surface area contributed by atoms with Gasteiger partial charge in [-0.3, -0.25) is 0 Å². The van der Waals surface area contributed by atoms with E-state index in [0.717, 1.165) is 5.65 Å². The lowest BCUT2D eigenvalue weighted by Gasteiger charge is -2.04. The molecule has 0 amide bonds. The molecule has 2 aromatic heterocycles. The number of fused-ring (bicyclic) bond motifs is 1. The van der Waals surface area contributed by atoms with E-state index in [1.807, 2.05) is 24.2 Å². The maximum Gasteiger partial charge on any atom is 0.158 e. The van der Waals surface area contributed by atoms with Gasteiger partial charge in [-0.2, -0.15) is 16.9 Å². The lowest BCUT2D eigenvalue weighted by atomic mass is 10.0. The summed E-state index contributed by atoms with van der Waals surface area (Å²) >= 11 is 2.00. The molecule has 1 unspecified atom stereocenters. The molecule has 15 heavy (non-hydrogen) atoms. The number of rotatable bonds is 1. The minimum Gasteiger partial charge on any atom is -0.396 e. The van der Waals surface area contributed by atoms with Gasteiger partial charge in [-0.1, -0.05) is 0 Å². The fourth-order valence-electron chi connectivity index (χ4n) is 1.98. The Kier molecular flexibility index (Phi) is 2.05. The van der Waals surface area contributed by atoms with Crippen LogP contribution in [0.1, 0.15) is 17.9 Å². The summed E-state index contributed by atoms with van der Waals surface area (Å²) in [5.74, 6) is 3.05. The van der Waals surface area contributed by atoms with Gasteiger partial charge in [0.1, 0.15) is 0 Å². The van der Waals surface area contributed by atoms with Gasteiger partial charge in [0.25, 0.3) is 0 Å². The highest BCUT2D eigenvalue weighted by molar-refractivity contribution is 7.99. The van der Waals surface area contributed by atoms with Gasteiger partial charge >= 0.3 is 0 Å². The molecule has 0 aromatic carbocycles. The summed E-state index contributed by atoms with van der Waals surface area (Å²) in [6.07, 6.45) is 6.67. The standard InChI is InChI=1S/C10H12N4S/c11-8-3-12-10-9(4-13-14(10)5-8)7-1-2-15-6-7/h3-5,7H,1-2,6,11H2. The third kappa shape index (κ3) is 1.47. The van der Waals surface area contributed by atoms with E-state index in [9.17, 15) is 0 Å². The van der Waals surface area contributed by atoms with Gasteiger partial charge in [0.05, 0.1) is 24.3 Å². The second-order valence-corrected chi connectivity index (χ2v) is 4.97. The van der Waals surface area contributed by atoms with Gasteiger partial charge < -0.3 is 5.73 Å². The Morgan fingerprint density at radius 2 is 2.40 bits per heavy atom. The summed E-state index contributed by atoms with van der Waals surface area (Å²) in [6.45, 7) is 0. The first-order chi connectivity index (χ1) is 7.34. The lowest BCUT2D eigenvalue weighted by molar-refractivity contribution is 0.786. The Labute approximate surface area is 91.9 Å². The molecule has 3 rings (SSSR count). The Morgan fingerprint density at radius 3 is 3.20 bits per heavy atom. The minimum atomic E-state index is 0.614. The average molecular weight is 220 g/mol. The fourth-order valence-corrected chi connectivity index (χ4v) is 3.22. The fraction of sp³-hybridized carbons (Fsp3) is 0.400. The van der Waals surface area contributed by atoms with E-state index in [-0.39, 0.29) is 0 Å². The van der Waals surface area contributed by atoms with Crippen molar-refractivity contribution < 1.29 is 0 Å². The first-order valence-corrected chi connectivity index (χ1v) is 6.16. The molecule has 1 atom stereocenters. The highest BCUT2D eigenvalue weighted by atomic mass is 32.2. The molecule has 1 aliphatic heterocycles. The summed E-state index contributed by atoms with van der Waals surface area (Å²) in [4.78, 5) is 4.35. The minimum absolute atomic E-state index is 0.614. The average Bonchev–Trinajstić information content (AvgIpc) is 2.82. The first-order valence-electron chi connectivity index (χ1n) is 5.01. The second kappa shape index (κ2) is 3.41. The first kappa shape index (κ1) is 9.03. The number of nitrogens with zero attached hydrogens (tertiary/aromatic N) is 3. The molecule has 2 aromatic rings. The van der Waals surface area contributed by atoms with E-state index in [1.54, 1.807) is 10.7 Å². The van der Waals surface area contributed by atoms with Crippen LogP contribution in [0.25, 0.3) is 5.65 Å². The van der Waals surface area contributed by atoms with Crippen LogP contribution in [0.5, 0.6) is 0 Å². The highest BCUT2D eigenvalue weighted by Crippen LogP contribution is 2.33. The van der Waals surface area contributed by atoms with Crippen molar-refractivity contribution in [3.05, 3.63) is 24.2 Å². The van der Waals surface area contributed by atoms with Gasteiger partial charge in [-0.15, -0.1) is 0 Å². The smallest absolute Gasteiger partial charge is 0.158 e. The molecule has 1 saturated heterocycles. The van der Waals surface area contributed by atoms with E-state index in [2.05, 4.69) is 10.1 Å². The van der Waals surface area contributed by atoms with Gasteiger partial charge in [-0.05, 0) is 18.1 Å². The third-order valence-electron chi connectivity index (χ3n) is 2.77. The molecule has 5 heteroatoms. The Balaban J connectivity index is 2.11. The predicted molar refractivity (Wildman–Crippen MR) is 62.1 cm³/mol. The predicted octanol–water partition coefficient (Wildman–Crippen LogP) is 1.53. The highest BCUT2D eigenvalue weighted by Gasteiger charge is 2.21. The molecule has 2 N–H and O–H groups in total. The van der Waals surface area contributed by atoms with Crippen LogP contribution in [-0.2, 0) is 0 Å². The van der Waals surface area contributed by atoms with Crippen LogP contribution in [0.3, 0.4) is 0 Å². The molecule has 3 heterocycles. The van der Waals surface area contributed by atoms with Gasteiger partial charge in [0.15, 0.2) is 5.65 Å². The van der Waals surface area contributed by atoms with Crippen molar-refractivity contribution in [1.82, 2.24) is 14.6 Å². The molecular formula is C10H12N4S. The Bertz CT molecular complexity index is 487. The number of nitrogen functional groups attached to an aromatic ring is 1. The number of thioether (sulfide) groups is 1. The molecule has 0 saturated carbocycles. The molecule has 78 valence electrons. The largest absolute Gasteiger partial charge is 0.396 e. The van der Waals surface area contributed by atoms with E-state index >= 15 is 0 Å². The number of aromatic nitrogens is 3. The number of hydrogen-bond donors (Lipinski definition) is 1. The van der Waals surface area contributed by atoms with Crippen molar-refractivity contribution >= 4 is 23.1 Å². The maximum absolute atomic E-state index is 5.66. The third-order valence-corrected chi connectivity index (χ3v) is 3.94. The summed E-state index contributed by atoms with van der Waals surface area (Å²) in [6, 6.07) is 0. The van der Waals surface area contributed by atoms with E-state index in [0.29, 0.717) is 11.6 Å². The van der Waals surface area contributed by atoms with Gasteiger partial charge in [0, 0.05) is 11.3 Å². The molecular weight excluding hydrogens is 208 g/mol. The Hall–Kier alpha value is -1.23. The zero-order valence-corrected chi connectivity index (χ0v) is 9.07. The monoisotopic (exact) mass is 220 g/mol. The Morgan fingerprint density at radius 1 is 1.47 bits per heavy atom.